The molecule has 4 nitrogen and oxygen atoms in total. The number of esters is 1. The predicted molar refractivity (Wildman–Crippen MR) is 69.1 cm³/mol. The summed E-state index contributed by atoms with van der Waals surface area (Å²) < 4.78 is 11.2. The van der Waals surface area contributed by atoms with Gasteiger partial charge < -0.3 is 15.2 Å². The number of nitrogens with two attached hydrogens (primary N) is 1. The second kappa shape index (κ2) is 5.57. The minimum absolute atomic E-state index is 0.00116. The largest absolute Gasteiger partial charge is 0.462 e. The maximum atomic E-state index is 11.9. The van der Waals surface area contributed by atoms with Crippen molar-refractivity contribution in [2.45, 2.75) is 82.6 Å². The van der Waals surface area contributed by atoms with Gasteiger partial charge in [0.15, 0.2) is 0 Å². The summed E-state index contributed by atoms with van der Waals surface area (Å²) in [6.07, 6.45) is 6.47. The van der Waals surface area contributed by atoms with Crippen LogP contribution in [0.25, 0.3) is 0 Å². The van der Waals surface area contributed by atoms with E-state index in [1.165, 1.54) is 0 Å². The van der Waals surface area contributed by atoms with E-state index in [0.717, 1.165) is 38.5 Å². The number of hydrogen-bond acceptors (Lipinski definition) is 4. The number of carbonyl (C=O) groups is 1. The van der Waals surface area contributed by atoms with Crippen LogP contribution in [0.3, 0.4) is 0 Å². The van der Waals surface area contributed by atoms with Gasteiger partial charge in [0.05, 0.1) is 18.6 Å². The maximum Gasteiger partial charge on any atom is 0.307 e. The lowest BCUT2D eigenvalue weighted by atomic mass is 9.95. The average Bonchev–Trinajstić information content (AvgIpc) is 2.62. The topological polar surface area (TPSA) is 61.5 Å². The Bertz CT molecular complexity index is 289. The number of hydrogen-bond donors (Lipinski definition) is 1. The van der Waals surface area contributed by atoms with Crippen LogP contribution >= 0.6 is 0 Å². The van der Waals surface area contributed by atoms with Crippen molar-refractivity contribution in [2.24, 2.45) is 5.73 Å². The van der Waals surface area contributed by atoms with E-state index in [0.29, 0.717) is 6.42 Å². The molecule has 0 spiro atoms. The van der Waals surface area contributed by atoms with Crippen LogP contribution in [0, 0.1) is 0 Å². The highest BCUT2D eigenvalue weighted by molar-refractivity contribution is 5.71. The highest BCUT2D eigenvalue weighted by Crippen LogP contribution is 2.31. The lowest BCUT2D eigenvalue weighted by molar-refractivity contribution is -0.160. The van der Waals surface area contributed by atoms with Gasteiger partial charge in [0.2, 0.25) is 0 Å². The minimum Gasteiger partial charge on any atom is -0.462 e. The van der Waals surface area contributed by atoms with Crippen molar-refractivity contribution in [3.63, 3.8) is 0 Å². The molecule has 2 fully saturated rings. The predicted octanol–water partition coefficient (Wildman–Crippen LogP) is 2.15. The number of ether oxygens (including phenoxy) is 2. The summed E-state index contributed by atoms with van der Waals surface area (Å²) in [5, 5.41) is 0. The Morgan fingerprint density at radius 1 is 1.28 bits per heavy atom. The van der Waals surface area contributed by atoms with Crippen LogP contribution in [-0.2, 0) is 14.3 Å². The zero-order chi connectivity index (χ0) is 13.2. The Kier molecular flexibility index (Phi) is 4.28. The van der Waals surface area contributed by atoms with Gasteiger partial charge in [-0.05, 0) is 26.7 Å². The highest BCUT2D eigenvalue weighted by Gasteiger charge is 2.34. The zero-order valence-corrected chi connectivity index (χ0v) is 11.5. The van der Waals surface area contributed by atoms with Gasteiger partial charge in [-0.2, -0.15) is 0 Å². The van der Waals surface area contributed by atoms with E-state index in [2.05, 4.69) is 0 Å². The van der Waals surface area contributed by atoms with Crippen molar-refractivity contribution in [3.05, 3.63) is 0 Å². The van der Waals surface area contributed by atoms with E-state index in [1.807, 2.05) is 13.8 Å². The average molecular weight is 255 g/mol. The fourth-order valence-corrected chi connectivity index (χ4v) is 3.21. The van der Waals surface area contributed by atoms with Crippen LogP contribution < -0.4 is 5.73 Å². The van der Waals surface area contributed by atoms with E-state index >= 15 is 0 Å². The van der Waals surface area contributed by atoms with Crippen molar-refractivity contribution >= 4 is 5.97 Å². The third kappa shape index (κ3) is 3.69. The number of rotatable bonds is 3. The molecule has 1 saturated carbocycles. The maximum absolute atomic E-state index is 11.9. The Morgan fingerprint density at radius 3 is 2.39 bits per heavy atom. The SMILES string of the molecule is CC1CC(OC(=O)CC2(N)CCCC2)CC(C)O1. The summed E-state index contributed by atoms with van der Waals surface area (Å²) in [6, 6.07) is 0. The van der Waals surface area contributed by atoms with Gasteiger partial charge in [-0.15, -0.1) is 0 Å². The molecule has 0 aromatic carbocycles. The van der Waals surface area contributed by atoms with Gasteiger partial charge in [-0.3, -0.25) is 4.79 Å². The van der Waals surface area contributed by atoms with Crippen LogP contribution in [0.5, 0.6) is 0 Å². The Morgan fingerprint density at radius 2 is 1.83 bits per heavy atom. The van der Waals surface area contributed by atoms with E-state index < -0.39 is 0 Å². The third-order valence-electron chi connectivity index (χ3n) is 4.05. The summed E-state index contributed by atoms with van der Waals surface area (Å²) >= 11 is 0. The molecule has 0 radical (unpaired) electrons. The second-order valence-electron chi connectivity index (χ2n) is 6.09. The molecule has 0 amide bonds. The van der Waals surface area contributed by atoms with Crippen LogP contribution in [0.15, 0.2) is 0 Å². The molecular formula is C14H25NO3. The van der Waals surface area contributed by atoms with Gasteiger partial charge in [0.25, 0.3) is 0 Å². The molecule has 2 N–H and O–H groups in total. The lowest BCUT2D eigenvalue weighted by Crippen LogP contribution is -2.41. The monoisotopic (exact) mass is 255 g/mol. The fraction of sp³-hybridized carbons (Fsp3) is 0.929. The highest BCUT2D eigenvalue weighted by atomic mass is 16.6. The third-order valence-corrected chi connectivity index (χ3v) is 4.05. The van der Waals surface area contributed by atoms with Gasteiger partial charge in [0.1, 0.15) is 6.10 Å². The zero-order valence-electron chi connectivity index (χ0n) is 11.5. The molecule has 1 heterocycles. The summed E-state index contributed by atoms with van der Waals surface area (Å²) in [4.78, 5) is 11.9. The lowest BCUT2D eigenvalue weighted by Gasteiger charge is -2.32. The molecule has 0 aromatic rings. The van der Waals surface area contributed by atoms with Crippen molar-refractivity contribution in [1.29, 1.82) is 0 Å². The summed E-state index contributed by atoms with van der Waals surface area (Å²) in [5.74, 6) is -0.134. The van der Waals surface area contributed by atoms with Crippen molar-refractivity contribution in [3.8, 4) is 0 Å². The molecular weight excluding hydrogens is 230 g/mol. The van der Waals surface area contributed by atoms with Gasteiger partial charge >= 0.3 is 5.97 Å². The molecule has 2 rings (SSSR count). The molecule has 2 aliphatic rings. The van der Waals surface area contributed by atoms with Crippen LogP contribution in [0.4, 0.5) is 0 Å². The molecule has 0 aromatic heterocycles. The van der Waals surface area contributed by atoms with Gasteiger partial charge in [-0.25, -0.2) is 0 Å². The van der Waals surface area contributed by atoms with Crippen molar-refractivity contribution < 1.29 is 14.3 Å². The summed E-state index contributed by atoms with van der Waals surface area (Å²) in [6.45, 7) is 4.05. The summed E-state index contributed by atoms with van der Waals surface area (Å²) in [5.41, 5.74) is 5.89. The normalized spacial score (nSPS) is 35.4. The first kappa shape index (κ1) is 13.8. The van der Waals surface area contributed by atoms with Gasteiger partial charge in [0, 0.05) is 18.4 Å². The minimum atomic E-state index is -0.306. The molecule has 1 aliphatic carbocycles. The summed E-state index contributed by atoms with van der Waals surface area (Å²) in [7, 11) is 0. The first-order valence-corrected chi connectivity index (χ1v) is 7.11. The smallest absolute Gasteiger partial charge is 0.307 e. The second-order valence-corrected chi connectivity index (χ2v) is 6.09. The first-order valence-electron chi connectivity index (χ1n) is 7.11. The van der Waals surface area contributed by atoms with Gasteiger partial charge in [-0.1, -0.05) is 12.8 Å². The van der Waals surface area contributed by atoms with Crippen LogP contribution in [-0.4, -0.2) is 29.8 Å². The molecule has 104 valence electrons. The van der Waals surface area contributed by atoms with E-state index in [1.54, 1.807) is 0 Å². The van der Waals surface area contributed by atoms with E-state index in [9.17, 15) is 4.79 Å². The van der Waals surface area contributed by atoms with Crippen molar-refractivity contribution in [1.82, 2.24) is 0 Å². The van der Waals surface area contributed by atoms with E-state index in [-0.39, 0.29) is 29.8 Å². The Labute approximate surface area is 109 Å². The van der Waals surface area contributed by atoms with E-state index in [4.69, 9.17) is 15.2 Å². The molecule has 2 unspecified atom stereocenters. The molecule has 2 atom stereocenters. The Balaban J connectivity index is 1.80. The van der Waals surface area contributed by atoms with Crippen molar-refractivity contribution in [2.75, 3.05) is 0 Å². The molecule has 1 aliphatic heterocycles. The number of carbonyl (C=O) groups excluding carboxylic acids is 1. The fourth-order valence-electron chi connectivity index (χ4n) is 3.21. The molecule has 18 heavy (non-hydrogen) atoms. The van der Waals surface area contributed by atoms with Crippen LogP contribution in [0.2, 0.25) is 0 Å². The molecule has 0 bridgehead atoms. The van der Waals surface area contributed by atoms with Crippen LogP contribution in [0.1, 0.15) is 58.8 Å². The quantitative estimate of drug-likeness (QED) is 0.785. The Hall–Kier alpha value is -0.610. The standard InChI is InChI=1S/C14H25NO3/c1-10-7-12(8-11(2)17-10)18-13(16)9-14(15)5-3-4-6-14/h10-12H,3-9,15H2,1-2H3. The molecule has 4 heteroatoms. The molecule has 1 saturated heterocycles. The first-order chi connectivity index (χ1) is 8.47.